The Balaban J connectivity index is 1.97. The van der Waals surface area contributed by atoms with E-state index in [1.165, 1.54) is 0 Å². The predicted octanol–water partition coefficient (Wildman–Crippen LogP) is 5.82. The summed E-state index contributed by atoms with van der Waals surface area (Å²) >= 11 is 0. The molecule has 0 saturated heterocycles. The number of hydrogen-bond donors (Lipinski definition) is 1. The van der Waals surface area contributed by atoms with Crippen molar-refractivity contribution in [2.75, 3.05) is 25.1 Å². The fourth-order valence-electron chi connectivity index (χ4n) is 3.66. The van der Waals surface area contributed by atoms with Gasteiger partial charge in [0, 0.05) is 29.9 Å². The summed E-state index contributed by atoms with van der Waals surface area (Å²) in [5, 5.41) is 31.1. The van der Waals surface area contributed by atoms with E-state index < -0.39 is 0 Å². The van der Waals surface area contributed by atoms with Crippen molar-refractivity contribution in [3.63, 3.8) is 0 Å². The van der Waals surface area contributed by atoms with Gasteiger partial charge in [0.15, 0.2) is 0 Å². The second kappa shape index (κ2) is 13.9. The Kier molecular flexibility index (Phi) is 10.1. The van der Waals surface area contributed by atoms with E-state index in [-0.39, 0.29) is 11.7 Å². The van der Waals surface area contributed by atoms with Gasteiger partial charge < -0.3 is 9.64 Å². The lowest BCUT2D eigenvalue weighted by molar-refractivity contribution is 0.0955. The number of para-hydroxylation sites is 1. The number of methoxy groups -OCH3 is 1. The van der Waals surface area contributed by atoms with Gasteiger partial charge in [0.25, 0.3) is 5.91 Å². The van der Waals surface area contributed by atoms with E-state index in [2.05, 4.69) is 32.9 Å². The van der Waals surface area contributed by atoms with Gasteiger partial charge in [-0.2, -0.15) is 10.5 Å². The molecule has 192 valence electrons. The van der Waals surface area contributed by atoms with Crippen molar-refractivity contribution in [1.82, 2.24) is 5.43 Å². The van der Waals surface area contributed by atoms with Gasteiger partial charge >= 0.3 is 0 Å². The largest absolute Gasteiger partial charge is 0.494 e. The SMILES string of the molecule is COc1ccccc1N=N/C(=N\NC(=O)c1ccc(C)cc1)c1ccc(N(CCC#N)CCC#N)cc1C. The van der Waals surface area contributed by atoms with E-state index in [1.807, 2.05) is 61.2 Å². The number of nitriles is 2. The third kappa shape index (κ3) is 7.49. The van der Waals surface area contributed by atoms with Gasteiger partial charge in [-0.25, -0.2) is 5.43 Å². The number of hydrazone groups is 1. The molecule has 3 aromatic carbocycles. The Morgan fingerprint density at radius 1 is 0.974 bits per heavy atom. The standard InChI is InChI=1S/C29H29N7O2/c1-21-10-12-23(13-11-21)29(37)35-34-28(33-32-26-8-4-5-9-27(26)38-3)25-15-14-24(20-22(25)2)36(18-6-16-30)19-7-17-31/h4-5,8-15,20H,6-7,18-19H2,1-3H3,(H,35,37)/b33-32?,34-28-. The van der Waals surface area contributed by atoms with E-state index in [9.17, 15) is 4.79 Å². The van der Waals surface area contributed by atoms with Crippen LogP contribution in [0.15, 0.2) is 82.1 Å². The molecule has 0 fully saturated rings. The van der Waals surface area contributed by atoms with Gasteiger partial charge in [-0.3, -0.25) is 4.79 Å². The van der Waals surface area contributed by atoms with Crippen LogP contribution >= 0.6 is 0 Å². The molecule has 1 amide bonds. The second-order valence-corrected chi connectivity index (χ2v) is 8.42. The fourth-order valence-corrected chi connectivity index (χ4v) is 3.66. The third-order valence-electron chi connectivity index (χ3n) is 5.72. The highest BCUT2D eigenvalue weighted by atomic mass is 16.5. The molecule has 0 spiro atoms. The molecule has 0 unspecified atom stereocenters. The molecule has 3 aromatic rings. The number of aryl methyl sites for hydroxylation is 2. The minimum atomic E-state index is -0.372. The van der Waals surface area contributed by atoms with Crippen molar-refractivity contribution in [3.8, 4) is 17.9 Å². The number of ether oxygens (including phenoxy) is 1. The van der Waals surface area contributed by atoms with E-state index in [0.717, 1.165) is 16.8 Å². The normalized spacial score (nSPS) is 11.0. The number of hydrogen-bond acceptors (Lipinski definition) is 7. The highest BCUT2D eigenvalue weighted by Crippen LogP contribution is 2.27. The average Bonchev–Trinajstić information content (AvgIpc) is 2.94. The minimum absolute atomic E-state index is 0.209. The molecule has 38 heavy (non-hydrogen) atoms. The molecule has 0 aliphatic carbocycles. The van der Waals surface area contributed by atoms with Gasteiger partial charge in [-0.1, -0.05) is 29.8 Å². The Hall–Kier alpha value is -5.02. The van der Waals surface area contributed by atoms with E-state index in [4.69, 9.17) is 15.3 Å². The van der Waals surface area contributed by atoms with Crippen LogP contribution in [0.2, 0.25) is 0 Å². The topological polar surface area (TPSA) is 126 Å². The first-order chi connectivity index (χ1) is 18.5. The summed E-state index contributed by atoms with van der Waals surface area (Å²) in [6.45, 7) is 4.88. The third-order valence-corrected chi connectivity index (χ3v) is 5.72. The molecule has 0 saturated carbocycles. The zero-order valence-electron chi connectivity index (χ0n) is 21.7. The number of amidine groups is 1. The lowest BCUT2D eigenvalue weighted by Crippen LogP contribution is -2.25. The second-order valence-electron chi connectivity index (χ2n) is 8.42. The maximum absolute atomic E-state index is 12.7. The smallest absolute Gasteiger partial charge is 0.271 e. The van der Waals surface area contributed by atoms with Gasteiger partial charge in [0.1, 0.15) is 11.4 Å². The number of carbonyl (C=O) groups excluding carboxylic acids is 1. The number of nitrogens with zero attached hydrogens (tertiary/aromatic N) is 6. The highest BCUT2D eigenvalue weighted by molar-refractivity contribution is 6.02. The molecule has 0 radical (unpaired) electrons. The van der Waals surface area contributed by atoms with Crippen molar-refractivity contribution in [2.45, 2.75) is 26.7 Å². The number of anilines is 1. The Labute approximate surface area is 222 Å². The average molecular weight is 508 g/mol. The maximum atomic E-state index is 12.7. The van der Waals surface area contributed by atoms with Gasteiger partial charge in [-0.05, 0) is 61.9 Å². The fraction of sp³-hybridized carbons (Fsp3) is 0.241. The molecule has 9 nitrogen and oxygen atoms in total. The molecule has 0 aliphatic rings. The van der Waals surface area contributed by atoms with Crippen LogP contribution in [0.1, 0.15) is 39.9 Å². The van der Waals surface area contributed by atoms with E-state index in [0.29, 0.717) is 48.5 Å². The zero-order valence-corrected chi connectivity index (χ0v) is 21.7. The number of rotatable bonds is 10. The van der Waals surface area contributed by atoms with Crippen molar-refractivity contribution < 1.29 is 9.53 Å². The summed E-state index contributed by atoms with van der Waals surface area (Å²) in [6, 6.07) is 24.3. The molecule has 0 atom stereocenters. The van der Waals surface area contributed by atoms with Crippen LogP contribution in [0.3, 0.4) is 0 Å². The lowest BCUT2D eigenvalue weighted by atomic mass is 10.1. The van der Waals surface area contributed by atoms with Crippen LogP contribution < -0.4 is 15.1 Å². The molecule has 0 bridgehead atoms. The zero-order chi connectivity index (χ0) is 27.3. The van der Waals surface area contributed by atoms with Crippen LogP contribution in [0.5, 0.6) is 5.75 Å². The lowest BCUT2D eigenvalue weighted by Gasteiger charge is -2.23. The molecular weight excluding hydrogens is 478 g/mol. The summed E-state index contributed by atoms with van der Waals surface area (Å²) in [6.07, 6.45) is 0.689. The van der Waals surface area contributed by atoms with Gasteiger partial charge in [-0.15, -0.1) is 15.3 Å². The predicted molar refractivity (Wildman–Crippen MR) is 147 cm³/mol. The number of amides is 1. The van der Waals surface area contributed by atoms with Crippen LogP contribution in [-0.2, 0) is 0 Å². The van der Waals surface area contributed by atoms with Crippen LogP contribution in [0.25, 0.3) is 0 Å². The van der Waals surface area contributed by atoms with E-state index in [1.54, 1.807) is 31.4 Å². The van der Waals surface area contributed by atoms with Crippen LogP contribution in [-0.4, -0.2) is 31.9 Å². The van der Waals surface area contributed by atoms with E-state index >= 15 is 0 Å². The Morgan fingerprint density at radius 2 is 1.66 bits per heavy atom. The molecular formula is C29H29N7O2. The summed E-state index contributed by atoms with van der Waals surface area (Å²) in [4.78, 5) is 14.7. The molecule has 3 rings (SSSR count). The van der Waals surface area contributed by atoms with Gasteiger partial charge in [0.05, 0.1) is 32.1 Å². The highest BCUT2D eigenvalue weighted by Gasteiger charge is 2.13. The molecule has 9 heteroatoms. The van der Waals surface area contributed by atoms with Crippen molar-refractivity contribution in [1.29, 1.82) is 10.5 Å². The monoisotopic (exact) mass is 507 g/mol. The molecule has 0 aromatic heterocycles. The molecule has 1 N–H and O–H groups in total. The summed E-state index contributed by atoms with van der Waals surface area (Å²) in [5.74, 6) is 0.390. The number of benzene rings is 3. The number of carbonyl (C=O) groups is 1. The van der Waals surface area contributed by atoms with Crippen molar-refractivity contribution in [3.05, 3.63) is 89.0 Å². The first kappa shape index (κ1) is 27.6. The first-order valence-corrected chi connectivity index (χ1v) is 12.1. The summed E-state index contributed by atoms with van der Waals surface area (Å²) in [5.41, 5.74) is 6.99. The Bertz CT molecular complexity index is 1380. The van der Waals surface area contributed by atoms with Gasteiger partial charge in [0.2, 0.25) is 5.84 Å². The maximum Gasteiger partial charge on any atom is 0.271 e. The number of azo groups is 1. The van der Waals surface area contributed by atoms with Crippen LogP contribution in [0, 0.1) is 36.5 Å². The number of nitrogens with one attached hydrogen (secondary N) is 1. The summed E-state index contributed by atoms with van der Waals surface area (Å²) in [7, 11) is 1.55. The summed E-state index contributed by atoms with van der Waals surface area (Å²) < 4.78 is 5.36. The Morgan fingerprint density at radius 3 is 2.29 bits per heavy atom. The molecule has 0 heterocycles. The molecule has 0 aliphatic heterocycles. The van der Waals surface area contributed by atoms with Crippen molar-refractivity contribution in [2.24, 2.45) is 15.3 Å². The first-order valence-electron chi connectivity index (χ1n) is 12.1. The quantitative estimate of drug-likeness (QED) is 0.160. The van der Waals surface area contributed by atoms with Crippen LogP contribution in [0.4, 0.5) is 11.4 Å². The van der Waals surface area contributed by atoms with Crippen molar-refractivity contribution >= 4 is 23.1 Å². The minimum Gasteiger partial charge on any atom is -0.494 e.